The van der Waals surface area contributed by atoms with Crippen LogP contribution in [0.1, 0.15) is 17.8 Å². The lowest BCUT2D eigenvalue weighted by atomic mass is 9.76. The molecule has 5 rings (SSSR count). The summed E-state index contributed by atoms with van der Waals surface area (Å²) in [4.78, 5) is 20.1. The molecule has 0 saturated carbocycles. The van der Waals surface area contributed by atoms with E-state index in [9.17, 15) is 4.79 Å². The lowest BCUT2D eigenvalue weighted by Crippen LogP contribution is -2.61. The first-order valence-electron chi connectivity index (χ1n) is 9.61. The number of nitrogens with zero attached hydrogens (tertiary/aromatic N) is 3. The van der Waals surface area contributed by atoms with Crippen LogP contribution >= 0.6 is 11.6 Å². The fourth-order valence-electron chi connectivity index (χ4n) is 4.38. The highest BCUT2D eigenvalue weighted by Gasteiger charge is 2.54. The van der Waals surface area contributed by atoms with E-state index in [4.69, 9.17) is 22.3 Å². The van der Waals surface area contributed by atoms with E-state index in [0.29, 0.717) is 31.2 Å². The van der Waals surface area contributed by atoms with E-state index in [-0.39, 0.29) is 5.91 Å². The third kappa shape index (κ3) is 2.49. The maximum Gasteiger partial charge on any atom is 0.240 e. The number of nitrogens with two attached hydrogens (primary N) is 1. The van der Waals surface area contributed by atoms with Gasteiger partial charge in [0.2, 0.25) is 5.91 Å². The Balaban J connectivity index is 1.57. The topological polar surface area (TPSA) is 76.2 Å². The Labute approximate surface area is 168 Å². The zero-order valence-corrected chi connectivity index (χ0v) is 16.2. The monoisotopic (exact) mass is 395 g/mol. The molecule has 3 N–H and O–H groups in total. The number of anilines is 1. The van der Waals surface area contributed by atoms with E-state index in [1.54, 1.807) is 0 Å². The second-order valence-electron chi connectivity index (χ2n) is 7.55. The Morgan fingerprint density at radius 3 is 2.79 bits per heavy atom. The minimum Gasteiger partial charge on any atom is -0.330 e. The first-order valence-corrected chi connectivity index (χ1v) is 9.99. The van der Waals surface area contributed by atoms with Gasteiger partial charge >= 0.3 is 0 Å². The van der Waals surface area contributed by atoms with Crippen LogP contribution in [0.15, 0.2) is 42.5 Å². The molecule has 1 aromatic heterocycles. The number of amides is 1. The summed E-state index contributed by atoms with van der Waals surface area (Å²) in [6.07, 6.45) is 0.847. The van der Waals surface area contributed by atoms with Crippen molar-refractivity contribution in [2.45, 2.75) is 24.9 Å². The summed E-state index contributed by atoms with van der Waals surface area (Å²) < 4.78 is 2.17. The standard InChI is InChI=1S/C21H22ClN5O/c22-14-6-7-18-16(10-14)25-19(26(18)9-3-8-23)11-27-17-5-2-1-4-15(17)21(20(27)28)12-24-13-21/h1-2,4-7,10,24H,3,8-9,11-13,23H2. The quantitative estimate of drug-likeness (QED) is 0.695. The van der Waals surface area contributed by atoms with Crippen molar-refractivity contribution in [2.75, 3.05) is 24.5 Å². The van der Waals surface area contributed by atoms with Crippen LogP contribution in [-0.4, -0.2) is 35.1 Å². The van der Waals surface area contributed by atoms with Crippen molar-refractivity contribution >= 4 is 34.2 Å². The van der Waals surface area contributed by atoms with Gasteiger partial charge in [0.1, 0.15) is 11.2 Å². The number of carbonyl (C=O) groups is 1. The summed E-state index contributed by atoms with van der Waals surface area (Å²) in [5, 5.41) is 3.93. The van der Waals surface area contributed by atoms with Crippen LogP contribution < -0.4 is 16.0 Å². The summed E-state index contributed by atoms with van der Waals surface area (Å²) in [6, 6.07) is 13.8. The lowest BCUT2D eigenvalue weighted by molar-refractivity contribution is -0.125. The first-order chi connectivity index (χ1) is 13.6. The molecular weight excluding hydrogens is 374 g/mol. The molecule has 3 aromatic rings. The molecule has 0 aliphatic carbocycles. The van der Waals surface area contributed by atoms with Gasteiger partial charge in [0.05, 0.1) is 17.6 Å². The van der Waals surface area contributed by atoms with E-state index < -0.39 is 5.41 Å². The lowest BCUT2D eigenvalue weighted by Gasteiger charge is -2.38. The number of halogens is 1. The molecule has 2 aliphatic heterocycles. The van der Waals surface area contributed by atoms with E-state index in [1.807, 2.05) is 41.3 Å². The number of carbonyl (C=O) groups excluding carboxylic acids is 1. The van der Waals surface area contributed by atoms with E-state index in [1.165, 1.54) is 0 Å². The number of hydrogen-bond acceptors (Lipinski definition) is 4. The highest BCUT2D eigenvalue weighted by Crippen LogP contribution is 2.44. The van der Waals surface area contributed by atoms with Gasteiger partial charge in [-0.1, -0.05) is 29.8 Å². The minimum atomic E-state index is -0.423. The van der Waals surface area contributed by atoms with Crippen molar-refractivity contribution in [1.29, 1.82) is 0 Å². The SMILES string of the molecule is NCCCn1c(CN2C(=O)C3(CNC3)c3ccccc32)nc2cc(Cl)ccc21. The molecule has 1 spiro atoms. The van der Waals surface area contributed by atoms with Crippen molar-refractivity contribution in [3.8, 4) is 0 Å². The molecule has 2 aromatic carbocycles. The third-order valence-electron chi connectivity index (χ3n) is 5.89. The molecule has 1 amide bonds. The molecule has 2 aliphatic rings. The first kappa shape index (κ1) is 17.7. The van der Waals surface area contributed by atoms with Gasteiger partial charge in [-0.25, -0.2) is 4.98 Å². The second-order valence-corrected chi connectivity index (χ2v) is 7.99. The molecule has 1 saturated heterocycles. The van der Waals surface area contributed by atoms with Crippen molar-refractivity contribution < 1.29 is 4.79 Å². The number of imidazole rings is 1. The fourth-order valence-corrected chi connectivity index (χ4v) is 4.55. The molecule has 3 heterocycles. The molecule has 7 heteroatoms. The predicted octanol–water partition coefficient (Wildman–Crippen LogP) is 2.43. The number of fused-ring (bicyclic) bond motifs is 3. The zero-order chi connectivity index (χ0) is 19.3. The Bertz CT molecular complexity index is 1070. The highest BCUT2D eigenvalue weighted by atomic mass is 35.5. The maximum absolute atomic E-state index is 13.4. The van der Waals surface area contributed by atoms with Gasteiger partial charge < -0.3 is 20.5 Å². The third-order valence-corrected chi connectivity index (χ3v) is 6.13. The van der Waals surface area contributed by atoms with Crippen molar-refractivity contribution in [2.24, 2.45) is 5.73 Å². The van der Waals surface area contributed by atoms with E-state index in [2.05, 4.69) is 16.0 Å². The molecule has 144 valence electrons. The summed E-state index contributed by atoms with van der Waals surface area (Å²) in [5.41, 5.74) is 9.30. The van der Waals surface area contributed by atoms with E-state index in [0.717, 1.165) is 41.1 Å². The van der Waals surface area contributed by atoms with Crippen LogP contribution in [0.3, 0.4) is 0 Å². The normalized spacial score (nSPS) is 17.4. The van der Waals surface area contributed by atoms with Gasteiger partial charge in [-0.05, 0) is 42.8 Å². The average Bonchev–Trinajstić information content (AvgIpc) is 3.12. The number of aryl methyl sites for hydroxylation is 1. The number of aromatic nitrogens is 2. The fraction of sp³-hybridized carbons (Fsp3) is 0.333. The van der Waals surface area contributed by atoms with Crippen LogP contribution in [-0.2, 0) is 23.3 Å². The molecule has 0 unspecified atom stereocenters. The number of benzene rings is 2. The highest BCUT2D eigenvalue weighted by molar-refractivity contribution is 6.31. The van der Waals surface area contributed by atoms with Gasteiger partial charge in [0.15, 0.2) is 0 Å². The number of nitrogens with one attached hydrogen (secondary N) is 1. The van der Waals surface area contributed by atoms with Crippen molar-refractivity contribution in [3.05, 3.63) is 58.9 Å². The molecule has 28 heavy (non-hydrogen) atoms. The Morgan fingerprint density at radius 2 is 2.04 bits per heavy atom. The van der Waals surface area contributed by atoms with E-state index >= 15 is 0 Å². The summed E-state index contributed by atoms with van der Waals surface area (Å²) in [5.74, 6) is 1.01. The molecule has 1 fully saturated rings. The van der Waals surface area contributed by atoms with Gasteiger partial charge in [0.25, 0.3) is 0 Å². The maximum atomic E-state index is 13.4. The molecule has 0 atom stereocenters. The Morgan fingerprint density at radius 1 is 1.21 bits per heavy atom. The smallest absolute Gasteiger partial charge is 0.240 e. The second kappa shape index (κ2) is 6.58. The predicted molar refractivity (Wildman–Crippen MR) is 111 cm³/mol. The Hall–Kier alpha value is -2.41. The number of hydrogen-bond donors (Lipinski definition) is 2. The van der Waals surface area contributed by atoms with Gasteiger partial charge in [-0.2, -0.15) is 0 Å². The van der Waals surface area contributed by atoms with Gasteiger partial charge in [-0.15, -0.1) is 0 Å². The number of para-hydroxylation sites is 1. The van der Waals surface area contributed by atoms with Crippen molar-refractivity contribution in [3.63, 3.8) is 0 Å². The van der Waals surface area contributed by atoms with Crippen LogP contribution in [0, 0.1) is 0 Å². The molecule has 6 nitrogen and oxygen atoms in total. The van der Waals surface area contributed by atoms with Gasteiger partial charge in [0, 0.05) is 30.3 Å². The van der Waals surface area contributed by atoms with Crippen molar-refractivity contribution in [1.82, 2.24) is 14.9 Å². The summed E-state index contributed by atoms with van der Waals surface area (Å²) in [6.45, 7) is 3.19. The average molecular weight is 396 g/mol. The molecule has 0 radical (unpaired) electrons. The molecular formula is C21H22ClN5O. The Kier molecular flexibility index (Phi) is 4.16. The number of rotatable bonds is 5. The van der Waals surface area contributed by atoms with Gasteiger partial charge in [-0.3, -0.25) is 4.79 Å². The van der Waals surface area contributed by atoms with Crippen LogP contribution in [0.2, 0.25) is 5.02 Å². The zero-order valence-electron chi connectivity index (χ0n) is 15.5. The summed E-state index contributed by atoms with van der Waals surface area (Å²) in [7, 11) is 0. The van der Waals surface area contributed by atoms with Crippen LogP contribution in [0.25, 0.3) is 11.0 Å². The largest absolute Gasteiger partial charge is 0.330 e. The minimum absolute atomic E-state index is 0.155. The summed E-state index contributed by atoms with van der Waals surface area (Å²) >= 11 is 6.17. The van der Waals surface area contributed by atoms with Crippen LogP contribution in [0.5, 0.6) is 0 Å². The van der Waals surface area contributed by atoms with Crippen LogP contribution in [0.4, 0.5) is 5.69 Å². The molecule has 0 bridgehead atoms.